The second kappa shape index (κ2) is 3.91. The summed E-state index contributed by atoms with van der Waals surface area (Å²) in [7, 11) is -3.69. The third kappa shape index (κ3) is 1.64. The Hall–Kier alpha value is -1.69. The molecule has 1 fully saturated rings. The molecule has 1 aromatic rings. The normalized spacial score (nSPS) is 20.3. The van der Waals surface area contributed by atoms with Gasteiger partial charge in [0.05, 0.1) is 0 Å². The Kier molecular flexibility index (Phi) is 2.77. The number of amides is 1. The van der Waals surface area contributed by atoms with E-state index in [-0.39, 0.29) is 5.78 Å². The second-order valence-electron chi connectivity index (χ2n) is 4.62. The molecule has 1 aromatic carbocycles. The third-order valence-corrected chi connectivity index (χ3v) is 5.40. The van der Waals surface area contributed by atoms with E-state index in [9.17, 15) is 18.0 Å². The van der Waals surface area contributed by atoms with Crippen LogP contribution in [0.4, 0.5) is 0 Å². The van der Waals surface area contributed by atoms with Crippen LogP contribution in [-0.4, -0.2) is 35.7 Å². The number of carbonyl (C=O) groups excluding carboxylic acids is 2. The minimum Gasteiger partial charge on any atom is -0.292 e. The Morgan fingerprint density at radius 3 is 2.28 bits per heavy atom. The predicted molar refractivity (Wildman–Crippen MR) is 65.5 cm³/mol. The number of Topliss-reactive ketones (excluding diaryl/α,β-unsaturated/α-hetero) is 1. The highest BCUT2D eigenvalue weighted by Crippen LogP contribution is 2.34. The van der Waals surface area contributed by atoms with Gasteiger partial charge in [-0.2, -0.15) is 0 Å². The van der Waals surface area contributed by atoms with E-state index < -0.39 is 27.2 Å². The summed E-state index contributed by atoms with van der Waals surface area (Å²) >= 11 is 0. The smallest absolute Gasteiger partial charge is 0.259 e. The molecule has 0 unspecified atom stereocenters. The Balaban J connectivity index is 2.18. The molecule has 0 bridgehead atoms. The van der Waals surface area contributed by atoms with Crippen molar-refractivity contribution in [3.8, 4) is 0 Å². The van der Waals surface area contributed by atoms with Crippen LogP contribution >= 0.6 is 0 Å². The van der Waals surface area contributed by atoms with Crippen molar-refractivity contribution >= 4 is 21.7 Å². The van der Waals surface area contributed by atoms with E-state index in [4.69, 9.17) is 0 Å². The van der Waals surface area contributed by atoms with Crippen LogP contribution in [0.25, 0.3) is 0 Å². The fourth-order valence-electron chi connectivity index (χ4n) is 1.76. The molecule has 2 rings (SSSR count). The topological polar surface area (TPSA) is 71.5 Å². The number of ketones is 1. The lowest BCUT2D eigenvalue weighted by Gasteiger charge is -2.42. The van der Waals surface area contributed by atoms with Crippen LogP contribution in [0.2, 0.25) is 0 Å². The molecule has 1 aliphatic heterocycles. The van der Waals surface area contributed by atoms with Crippen molar-refractivity contribution in [2.75, 3.05) is 6.54 Å². The first-order valence-electron chi connectivity index (χ1n) is 5.43. The van der Waals surface area contributed by atoms with Crippen LogP contribution < -0.4 is 0 Å². The SMILES string of the molecule is CC1(C)C(=O)N(CC(=O)c2ccccc2)S1(=O)=O. The number of rotatable bonds is 3. The fraction of sp³-hybridized carbons (Fsp3) is 0.333. The van der Waals surface area contributed by atoms with Crippen molar-refractivity contribution in [2.24, 2.45) is 0 Å². The van der Waals surface area contributed by atoms with E-state index in [1.54, 1.807) is 30.3 Å². The number of carbonyl (C=O) groups is 2. The van der Waals surface area contributed by atoms with Crippen LogP contribution in [0.15, 0.2) is 30.3 Å². The fourth-order valence-corrected chi connectivity index (χ4v) is 3.24. The van der Waals surface area contributed by atoms with E-state index in [0.717, 1.165) is 0 Å². The van der Waals surface area contributed by atoms with Crippen LogP contribution in [0.5, 0.6) is 0 Å². The first-order valence-corrected chi connectivity index (χ1v) is 6.87. The summed E-state index contributed by atoms with van der Waals surface area (Å²) in [5, 5.41) is 0. The average Bonchev–Trinajstić information content (AvgIpc) is 2.35. The Morgan fingerprint density at radius 2 is 1.78 bits per heavy atom. The van der Waals surface area contributed by atoms with Crippen molar-refractivity contribution in [1.29, 1.82) is 0 Å². The van der Waals surface area contributed by atoms with Crippen LogP contribution in [0.1, 0.15) is 24.2 Å². The van der Waals surface area contributed by atoms with Gasteiger partial charge in [0.25, 0.3) is 15.9 Å². The molecule has 0 saturated carbocycles. The zero-order chi connectivity index (χ0) is 13.6. The Morgan fingerprint density at radius 1 is 1.22 bits per heavy atom. The zero-order valence-electron chi connectivity index (χ0n) is 10.1. The molecule has 1 saturated heterocycles. The molecular formula is C12H13NO4S. The van der Waals surface area contributed by atoms with Gasteiger partial charge in [-0.25, -0.2) is 12.7 Å². The van der Waals surface area contributed by atoms with Gasteiger partial charge >= 0.3 is 0 Å². The Bertz CT molecular complexity index is 604. The molecule has 0 N–H and O–H groups in total. The molecule has 0 aliphatic carbocycles. The molecule has 5 nitrogen and oxygen atoms in total. The maximum Gasteiger partial charge on any atom is 0.259 e. The van der Waals surface area contributed by atoms with Gasteiger partial charge in [-0.15, -0.1) is 0 Å². The van der Waals surface area contributed by atoms with Gasteiger partial charge < -0.3 is 0 Å². The highest BCUT2D eigenvalue weighted by atomic mass is 32.2. The van der Waals surface area contributed by atoms with Crippen molar-refractivity contribution in [1.82, 2.24) is 4.31 Å². The lowest BCUT2D eigenvalue weighted by Crippen LogP contribution is -2.68. The van der Waals surface area contributed by atoms with Gasteiger partial charge in [-0.3, -0.25) is 9.59 Å². The monoisotopic (exact) mass is 267 g/mol. The number of hydrogen-bond acceptors (Lipinski definition) is 4. The first-order chi connectivity index (χ1) is 8.28. The van der Waals surface area contributed by atoms with Gasteiger partial charge in [-0.1, -0.05) is 30.3 Å². The van der Waals surface area contributed by atoms with Crippen LogP contribution in [0.3, 0.4) is 0 Å². The second-order valence-corrected chi connectivity index (χ2v) is 7.03. The van der Waals surface area contributed by atoms with Gasteiger partial charge in [0.1, 0.15) is 6.54 Å². The summed E-state index contributed by atoms with van der Waals surface area (Å²) in [6, 6.07) is 8.30. The molecule has 0 aromatic heterocycles. The van der Waals surface area contributed by atoms with Crippen molar-refractivity contribution < 1.29 is 18.0 Å². The minimum atomic E-state index is -3.69. The summed E-state index contributed by atoms with van der Waals surface area (Å²) in [4.78, 5) is 23.5. The lowest BCUT2D eigenvalue weighted by molar-refractivity contribution is -0.131. The number of nitrogens with zero attached hydrogens (tertiary/aromatic N) is 1. The number of benzene rings is 1. The van der Waals surface area contributed by atoms with Crippen molar-refractivity contribution in [2.45, 2.75) is 18.6 Å². The summed E-state index contributed by atoms with van der Waals surface area (Å²) < 4.78 is 22.8. The number of hydrogen-bond donors (Lipinski definition) is 0. The van der Waals surface area contributed by atoms with E-state index >= 15 is 0 Å². The van der Waals surface area contributed by atoms with E-state index in [2.05, 4.69) is 0 Å². The predicted octanol–water partition coefficient (Wildman–Crippen LogP) is 0.820. The van der Waals surface area contributed by atoms with Crippen molar-refractivity contribution in [3.63, 3.8) is 0 Å². The molecule has 1 heterocycles. The summed E-state index contributed by atoms with van der Waals surface area (Å²) in [5.74, 6) is -0.921. The highest BCUT2D eigenvalue weighted by Gasteiger charge is 2.60. The largest absolute Gasteiger partial charge is 0.292 e. The quantitative estimate of drug-likeness (QED) is 0.760. The molecule has 1 amide bonds. The standard InChI is InChI=1S/C12H13NO4S/c1-12(2)11(15)13(18(12,16)17)8-10(14)9-6-4-3-5-7-9/h3-7H,8H2,1-2H3. The van der Waals surface area contributed by atoms with Gasteiger partial charge in [0.2, 0.25) is 0 Å². The summed E-state index contributed by atoms with van der Waals surface area (Å²) in [5.41, 5.74) is 0.394. The maximum absolute atomic E-state index is 11.8. The van der Waals surface area contributed by atoms with Gasteiger partial charge in [-0.05, 0) is 13.8 Å². The summed E-state index contributed by atoms with van der Waals surface area (Å²) in [6.07, 6.45) is 0. The van der Waals surface area contributed by atoms with Gasteiger partial charge in [0, 0.05) is 5.56 Å². The van der Waals surface area contributed by atoms with Crippen molar-refractivity contribution in [3.05, 3.63) is 35.9 Å². The lowest BCUT2D eigenvalue weighted by atomic mass is 10.1. The highest BCUT2D eigenvalue weighted by molar-refractivity contribution is 7.94. The van der Waals surface area contributed by atoms with E-state index in [1.165, 1.54) is 13.8 Å². The minimum absolute atomic E-state index is 0.386. The Labute approximate surface area is 105 Å². The molecule has 96 valence electrons. The summed E-state index contributed by atoms with van der Waals surface area (Å²) in [6.45, 7) is 2.26. The maximum atomic E-state index is 11.8. The molecule has 0 atom stereocenters. The zero-order valence-corrected chi connectivity index (χ0v) is 10.9. The first kappa shape index (κ1) is 12.8. The van der Waals surface area contributed by atoms with Crippen LogP contribution in [0, 0.1) is 0 Å². The molecule has 1 aliphatic rings. The molecule has 18 heavy (non-hydrogen) atoms. The van der Waals surface area contributed by atoms with Gasteiger partial charge in [0.15, 0.2) is 10.5 Å². The molecule has 0 spiro atoms. The molecule has 0 radical (unpaired) electrons. The average molecular weight is 267 g/mol. The molecular weight excluding hydrogens is 254 g/mol. The van der Waals surface area contributed by atoms with E-state index in [0.29, 0.717) is 9.87 Å². The molecule has 6 heteroatoms. The number of sulfonamides is 1. The van der Waals surface area contributed by atoms with E-state index in [1.807, 2.05) is 0 Å². The van der Waals surface area contributed by atoms with Crippen LogP contribution in [-0.2, 0) is 14.8 Å². The third-order valence-electron chi connectivity index (χ3n) is 3.06.